The number of carboxylic acids is 1. The van der Waals surface area contributed by atoms with Gasteiger partial charge >= 0.3 is 5.97 Å². The van der Waals surface area contributed by atoms with Crippen LogP contribution in [0.3, 0.4) is 0 Å². The topological polar surface area (TPSA) is 40.5 Å². The van der Waals surface area contributed by atoms with Crippen molar-refractivity contribution in [2.75, 3.05) is 13.1 Å². The highest BCUT2D eigenvalue weighted by Crippen LogP contribution is 2.29. The Labute approximate surface area is 109 Å². The van der Waals surface area contributed by atoms with E-state index in [1.54, 1.807) is 0 Å². The number of rotatable bonds is 3. The zero-order valence-corrected chi connectivity index (χ0v) is 11.0. The van der Waals surface area contributed by atoms with Crippen LogP contribution in [-0.4, -0.2) is 29.1 Å². The molecule has 3 nitrogen and oxygen atoms in total. The van der Waals surface area contributed by atoms with E-state index in [1.807, 2.05) is 24.3 Å². The molecule has 1 atom stereocenters. The van der Waals surface area contributed by atoms with Gasteiger partial charge in [-0.25, -0.2) is 0 Å². The first-order valence-corrected chi connectivity index (χ1v) is 6.23. The zero-order chi connectivity index (χ0) is 12.4. The second-order valence-corrected chi connectivity index (χ2v) is 5.40. The Morgan fingerprint density at radius 2 is 2.24 bits per heavy atom. The number of nitrogens with zero attached hydrogens (tertiary/aromatic N) is 1. The Balaban J connectivity index is 2.29. The predicted molar refractivity (Wildman–Crippen MR) is 70.2 cm³/mol. The molecule has 1 aliphatic rings. The van der Waals surface area contributed by atoms with Crippen molar-refractivity contribution in [3.8, 4) is 0 Å². The molecule has 1 aliphatic heterocycles. The molecule has 0 saturated carbocycles. The summed E-state index contributed by atoms with van der Waals surface area (Å²) in [5.41, 5.74) is 2.04. The molecule has 0 bridgehead atoms. The first kappa shape index (κ1) is 12.3. The normalized spacial score (nSPS) is 19.7. The van der Waals surface area contributed by atoms with E-state index in [2.05, 4.69) is 27.4 Å². The SMILES string of the molecule is C=C(Br)CN1Cc2ccccc2C(C(=O)O)C1. The Morgan fingerprint density at radius 3 is 2.88 bits per heavy atom. The number of benzene rings is 1. The number of halogens is 1. The number of carbonyl (C=O) groups is 1. The maximum atomic E-state index is 11.3. The number of fused-ring (bicyclic) bond motifs is 1. The van der Waals surface area contributed by atoms with Crippen LogP contribution in [0.4, 0.5) is 0 Å². The van der Waals surface area contributed by atoms with Gasteiger partial charge in [-0.3, -0.25) is 9.69 Å². The lowest BCUT2D eigenvalue weighted by Crippen LogP contribution is -2.37. The third-order valence-corrected chi connectivity index (χ3v) is 3.21. The monoisotopic (exact) mass is 295 g/mol. The van der Waals surface area contributed by atoms with E-state index in [9.17, 15) is 9.90 Å². The van der Waals surface area contributed by atoms with Crippen LogP contribution in [0.1, 0.15) is 17.0 Å². The largest absolute Gasteiger partial charge is 0.481 e. The van der Waals surface area contributed by atoms with Gasteiger partial charge in [0, 0.05) is 24.1 Å². The van der Waals surface area contributed by atoms with Crippen LogP contribution in [0, 0.1) is 0 Å². The minimum Gasteiger partial charge on any atom is -0.481 e. The van der Waals surface area contributed by atoms with E-state index in [1.165, 1.54) is 0 Å². The first-order chi connectivity index (χ1) is 8.08. The van der Waals surface area contributed by atoms with Gasteiger partial charge < -0.3 is 5.11 Å². The number of hydrogen-bond acceptors (Lipinski definition) is 2. The molecule has 0 saturated heterocycles. The minimum absolute atomic E-state index is 0.438. The lowest BCUT2D eigenvalue weighted by Gasteiger charge is -2.32. The molecule has 1 N–H and O–H groups in total. The molecule has 1 heterocycles. The molecule has 1 aromatic carbocycles. The minimum atomic E-state index is -0.762. The van der Waals surface area contributed by atoms with Crippen molar-refractivity contribution in [2.24, 2.45) is 0 Å². The Morgan fingerprint density at radius 1 is 1.53 bits per heavy atom. The van der Waals surface area contributed by atoms with E-state index in [0.717, 1.165) is 22.2 Å². The van der Waals surface area contributed by atoms with Crippen LogP contribution in [0.2, 0.25) is 0 Å². The molecule has 90 valence electrons. The summed E-state index contributed by atoms with van der Waals surface area (Å²) in [5.74, 6) is -1.20. The smallest absolute Gasteiger partial charge is 0.312 e. The average molecular weight is 296 g/mol. The van der Waals surface area contributed by atoms with Crippen molar-refractivity contribution in [2.45, 2.75) is 12.5 Å². The third-order valence-electron chi connectivity index (χ3n) is 2.96. The summed E-state index contributed by atoms with van der Waals surface area (Å²) in [7, 11) is 0. The fraction of sp³-hybridized carbons (Fsp3) is 0.308. The molecule has 4 heteroatoms. The van der Waals surface area contributed by atoms with Crippen molar-refractivity contribution in [3.63, 3.8) is 0 Å². The molecule has 0 aliphatic carbocycles. The van der Waals surface area contributed by atoms with Crippen LogP contribution in [0.15, 0.2) is 35.3 Å². The Kier molecular flexibility index (Phi) is 3.64. The van der Waals surface area contributed by atoms with Gasteiger partial charge in [0.25, 0.3) is 0 Å². The van der Waals surface area contributed by atoms with Gasteiger partial charge in [0.2, 0.25) is 0 Å². The van der Waals surface area contributed by atoms with E-state index in [-0.39, 0.29) is 0 Å². The molecule has 0 amide bonds. The van der Waals surface area contributed by atoms with Gasteiger partial charge in [-0.05, 0) is 11.1 Å². The summed E-state index contributed by atoms with van der Waals surface area (Å²) < 4.78 is 0.876. The van der Waals surface area contributed by atoms with Crippen LogP contribution >= 0.6 is 15.9 Å². The van der Waals surface area contributed by atoms with Crippen molar-refractivity contribution >= 4 is 21.9 Å². The quantitative estimate of drug-likeness (QED) is 0.932. The maximum Gasteiger partial charge on any atom is 0.312 e. The lowest BCUT2D eigenvalue weighted by atomic mass is 9.90. The first-order valence-electron chi connectivity index (χ1n) is 5.44. The van der Waals surface area contributed by atoms with Crippen molar-refractivity contribution in [3.05, 3.63) is 46.5 Å². The van der Waals surface area contributed by atoms with Gasteiger partial charge in [-0.1, -0.05) is 46.8 Å². The molecule has 2 rings (SSSR count). The van der Waals surface area contributed by atoms with E-state index in [0.29, 0.717) is 13.1 Å². The van der Waals surface area contributed by atoms with Gasteiger partial charge in [0.15, 0.2) is 0 Å². The molecule has 1 unspecified atom stereocenters. The summed E-state index contributed by atoms with van der Waals surface area (Å²) in [6.45, 7) is 5.80. The zero-order valence-electron chi connectivity index (χ0n) is 9.40. The summed E-state index contributed by atoms with van der Waals surface area (Å²) in [6, 6.07) is 7.75. The molecule has 0 spiro atoms. The van der Waals surface area contributed by atoms with Gasteiger partial charge in [-0.2, -0.15) is 0 Å². The molecule has 0 radical (unpaired) electrons. The van der Waals surface area contributed by atoms with E-state index in [4.69, 9.17) is 0 Å². The number of aliphatic carboxylic acids is 1. The molecular weight excluding hydrogens is 282 g/mol. The van der Waals surface area contributed by atoms with E-state index < -0.39 is 11.9 Å². The van der Waals surface area contributed by atoms with E-state index >= 15 is 0 Å². The summed E-state index contributed by atoms with van der Waals surface area (Å²) in [5, 5.41) is 9.28. The molecule has 0 fully saturated rings. The third kappa shape index (κ3) is 2.76. The Hall–Kier alpha value is -1.13. The van der Waals surface area contributed by atoms with Gasteiger partial charge in [-0.15, -0.1) is 0 Å². The van der Waals surface area contributed by atoms with Crippen molar-refractivity contribution in [1.29, 1.82) is 0 Å². The lowest BCUT2D eigenvalue weighted by molar-refractivity contribution is -0.139. The van der Waals surface area contributed by atoms with Crippen molar-refractivity contribution < 1.29 is 9.90 Å². The number of hydrogen-bond donors (Lipinski definition) is 1. The summed E-state index contributed by atoms with van der Waals surface area (Å²) in [6.07, 6.45) is 0. The predicted octanol–water partition coefficient (Wildman–Crippen LogP) is 2.58. The second kappa shape index (κ2) is 5.02. The highest BCUT2D eigenvalue weighted by Gasteiger charge is 2.29. The molecular formula is C13H14BrNO2. The van der Waals surface area contributed by atoms with Crippen LogP contribution in [-0.2, 0) is 11.3 Å². The highest BCUT2D eigenvalue weighted by atomic mass is 79.9. The maximum absolute atomic E-state index is 11.3. The van der Waals surface area contributed by atoms with Crippen LogP contribution < -0.4 is 0 Å². The fourth-order valence-electron chi connectivity index (χ4n) is 2.25. The highest BCUT2D eigenvalue weighted by molar-refractivity contribution is 9.11. The van der Waals surface area contributed by atoms with Gasteiger partial charge in [0.1, 0.15) is 0 Å². The average Bonchev–Trinajstić information content (AvgIpc) is 2.27. The Bertz CT molecular complexity index is 458. The fourth-order valence-corrected chi connectivity index (χ4v) is 2.61. The van der Waals surface area contributed by atoms with Crippen LogP contribution in [0.5, 0.6) is 0 Å². The van der Waals surface area contributed by atoms with Crippen LogP contribution in [0.25, 0.3) is 0 Å². The molecule has 1 aromatic rings. The van der Waals surface area contributed by atoms with Crippen molar-refractivity contribution in [1.82, 2.24) is 4.90 Å². The van der Waals surface area contributed by atoms with Gasteiger partial charge in [0.05, 0.1) is 5.92 Å². The summed E-state index contributed by atoms with van der Waals surface area (Å²) in [4.78, 5) is 13.4. The second-order valence-electron chi connectivity index (χ2n) is 4.28. The summed E-state index contributed by atoms with van der Waals surface area (Å²) >= 11 is 3.32. The standard InChI is InChI=1S/C13H14BrNO2/c1-9(14)6-15-7-10-4-2-3-5-11(10)12(8-15)13(16)17/h2-5,12H,1,6-8H2,(H,16,17). The molecule has 17 heavy (non-hydrogen) atoms. The number of carboxylic acid groups (broad SMARTS) is 1. The molecule has 0 aromatic heterocycles.